The molecule has 0 aliphatic carbocycles. The van der Waals surface area contributed by atoms with Crippen LogP contribution in [0.2, 0.25) is 0 Å². The van der Waals surface area contributed by atoms with Gasteiger partial charge in [-0.25, -0.2) is 0 Å². The number of nitrogens with zero attached hydrogens (tertiary/aromatic N) is 2. The molecule has 0 aromatic heterocycles. The number of aliphatic hydroxyl groups excluding tert-OH is 1. The highest BCUT2D eigenvalue weighted by molar-refractivity contribution is 5.94. The van der Waals surface area contributed by atoms with Gasteiger partial charge in [-0.1, -0.05) is 0 Å². The van der Waals surface area contributed by atoms with Crippen LogP contribution >= 0.6 is 0 Å². The zero-order chi connectivity index (χ0) is 14.9. The van der Waals surface area contributed by atoms with Gasteiger partial charge in [0.2, 0.25) is 5.91 Å². The third kappa shape index (κ3) is 2.72. The van der Waals surface area contributed by atoms with Crippen LogP contribution in [0, 0.1) is 16.0 Å². The molecule has 1 aromatic rings. The van der Waals surface area contributed by atoms with Crippen molar-refractivity contribution in [3.05, 3.63) is 33.9 Å². The lowest BCUT2D eigenvalue weighted by Crippen LogP contribution is -2.25. The number of carbonyl (C=O) groups is 1. The Kier molecular flexibility index (Phi) is 3.89. The summed E-state index contributed by atoms with van der Waals surface area (Å²) >= 11 is 0. The Morgan fingerprint density at radius 1 is 1.60 bits per heavy atom. The highest BCUT2D eigenvalue weighted by atomic mass is 16.6. The van der Waals surface area contributed by atoms with E-state index in [0.29, 0.717) is 18.8 Å². The second-order valence-corrected chi connectivity index (χ2v) is 5.06. The van der Waals surface area contributed by atoms with Crippen LogP contribution in [-0.4, -0.2) is 35.1 Å². The van der Waals surface area contributed by atoms with E-state index in [1.165, 1.54) is 18.2 Å². The Balaban J connectivity index is 2.36. The van der Waals surface area contributed by atoms with Gasteiger partial charge in [-0.15, -0.1) is 0 Å². The van der Waals surface area contributed by atoms with Crippen LogP contribution in [0.1, 0.15) is 23.7 Å². The monoisotopic (exact) mass is 279 g/mol. The van der Waals surface area contributed by atoms with Gasteiger partial charge in [0.15, 0.2) is 0 Å². The minimum absolute atomic E-state index is 0.0544. The average molecular weight is 279 g/mol. The maximum atomic E-state index is 11.2. The summed E-state index contributed by atoms with van der Waals surface area (Å²) in [5, 5.41) is 20.7. The number of primary amides is 1. The van der Waals surface area contributed by atoms with Gasteiger partial charge >= 0.3 is 0 Å². The fraction of sp³-hybridized carbons (Fsp3) is 0.462. The van der Waals surface area contributed by atoms with E-state index in [0.717, 1.165) is 6.42 Å². The van der Waals surface area contributed by atoms with Gasteiger partial charge in [0.25, 0.3) is 5.69 Å². The maximum Gasteiger partial charge on any atom is 0.292 e. The molecule has 2 unspecified atom stereocenters. The number of rotatable bonds is 4. The molecule has 1 heterocycles. The molecule has 2 atom stereocenters. The highest BCUT2D eigenvalue weighted by Gasteiger charge is 2.30. The lowest BCUT2D eigenvalue weighted by molar-refractivity contribution is -0.384. The Morgan fingerprint density at radius 3 is 2.80 bits per heavy atom. The van der Waals surface area contributed by atoms with Crippen molar-refractivity contribution in [3.63, 3.8) is 0 Å². The van der Waals surface area contributed by atoms with Crippen molar-refractivity contribution in [2.24, 2.45) is 11.7 Å². The number of hydrogen-bond donors (Lipinski definition) is 2. The number of nitrogens with two attached hydrogens (primary N) is 1. The van der Waals surface area contributed by atoms with Crippen molar-refractivity contribution in [2.45, 2.75) is 19.4 Å². The Morgan fingerprint density at radius 2 is 2.30 bits per heavy atom. The number of hydrogen-bond acceptors (Lipinski definition) is 5. The van der Waals surface area contributed by atoms with Crippen molar-refractivity contribution >= 4 is 17.3 Å². The summed E-state index contributed by atoms with van der Waals surface area (Å²) in [7, 11) is 0. The predicted octanol–water partition coefficient (Wildman–Crippen LogP) is 0.901. The minimum Gasteiger partial charge on any atom is -0.393 e. The van der Waals surface area contributed by atoms with Gasteiger partial charge in [0.1, 0.15) is 5.69 Å². The predicted molar refractivity (Wildman–Crippen MR) is 73.6 cm³/mol. The molecule has 1 fully saturated rings. The molecule has 20 heavy (non-hydrogen) atoms. The Hall–Kier alpha value is -2.15. The lowest BCUT2D eigenvalue weighted by atomic mass is 10.0. The molecule has 0 spiro atoms. The average Bonchev–Trinajstić information content (AvgIpc) is 2.87. The molecule has 108 valence electrons. The van der Waals surface area contributed by atoms with Crippen LogP contribution in [-0.2, 0) is 0 Å². The molecule has 0 radical (unpaired) electrons. The van der Waals surface area contributed by atoms with Crippen LogP contribution in [0.4, 0.5) is 11.4 Å². The van der Waals surface area contributed by atoms with Crippen LogP contribution in [0.5, 0.6) is 0 Å². The van der Waals surface area contributed by atoms with E-state index in [-0.39, 0.29) is 17.2 Å². The Bertz CT molecular complexity index is 544. The highest BCUT2D eigenvalue weighted by Crippen LogP contribution is 2.33. The number of amides is 1. The van der Waals surface area contributed by atoms with Crippen molar-refractivity contribution in [1.29, 1.82) is 0 Å². The van der Waals surface area contributed by atoms with E-state index in [9.17, 15) is 20.0 Å². The molecule has 1 aliphatic heterocycles. The molecule has 1 aromatic carbocycles. The summed E-state index contributed by atoms with van der Waals surface area (Å²) in [4.78, 5) is 23.6. The minimum atomic E-state index is -0.618. The van der Waals surface area contributed by atoms with Gasteiger partial charge < -0.3 is 15.7 Å². The van der Waals surface area contributed by atoms with Crippen molar-refractivity contribution < 1.29 is 14.8 Å². The molecule has 0 saturated carbocycles. The van der Waals surface area contributed by atoms with E-state index in [2.05, 4.69) is 0 Å². The van der Waals surface area contributed by atoms with Crippen LogP contribution in [0.25, 0.3) is 0 Å². The van der Waals surface area contributed by atoms with Crippen LogP contribution < -0.4 is 10.6 Å². The molecule has 1 amide bonds. The van der Waals surface area contributed by atoms with Crippen molar-refractivity contribution in [3.8, 4) is 0 Å². The quantitative estimate of drug-likeness (QED) is 0.628. The number of aliphatic hydroxyl groups is 1. The molecule has 2 rings (SSSR count). The molecular weight excluding hydrogens is 262 g/mol. The second-order valence-electron chi connectivity index (χ2n) is 5.06. The van der Waals surface area contributed by atoms with Gasteiger partial charge in [-0.3, -0.25) is 14.9 Å². The molecule has 7 nitrogen and oxygen atoms in total. The van der Waals surface area contributed by atoms with Crippen LogP contribution in [0.3, 0.4) is 0 Å². The SMILES string of the molecule is CC(O)C1CCN(c2cc(C(N)=O)ccc2[N+](=O)[O-])C1. The van der Waals surface area contributed by atoms with E-state index in [1.54, 1.807) is 6.92 Å². The fourth-order valence-corrected chi connectivity index (χ4v) is 2.48. The summed E-state index contributed by atoms with van der Waals surface area (Å²) in [6, 6.07) is 4.10. The normalized spacial score (nSPS) is 19.9. The summed E-state index contributed by atoms with van der Waals surface area (Å²) in [6.45, 7) is 2.85. The Labute approximate surface area is 116 Å². The summed E-state index contributed by atoms with van der Waals surface area (Å²) in [6.07, 6.45) is 0.300. The lowest BCUT2D eigenvalue weighted by Gasteiger charge is -2.20. The largest absolute Gasteiger partial charge is 0.393 e. The zero-order valence-electron chi connectivity index (χ0n) is 11.2. The topological polar surface area (TPSA) is 110 Å². The van der Waals surface area contributed by atoms with Crippen molar-refractivity contribution in [1.82, 2.24) is 0 Å². The van der Waals surface area contributed by atoms with Gasteiger partial charge in [0, 0.05) is 30.6 Å². The molecule has 0 bridgehead atoms. The van der Waals surface area contributed by atoms with E-state index >= 15 is 0 Å². The first-order chi connectivity index (χ1) is 9.40. The zero-order valence-corrected chi connectivity index (χ0v) is 11.2. The number of nitro benzene ring substituents is 1. The maximum absolute atomic E-state index is 11.2. The molecule has 1 aliphatic rings. The van der Waals surface area contributed by atoms with Crippen LogP contribution in [0.15, 0.2) is 18.2 Å². The number of nitro groups is 1. The van der Waals surface area contributed by atoms with E-state index in [4.69, 9.17) is 5.73 Å². The summed E-state index contributed by atoms with van der Waals surface area (Å²) in [5.41, 5.74) is 5.79. The molecular formula is C13H17N3O4. The number of carbonyl (C=O) groups excluding carboxylic acids is 1. The van der Waals surface area contributed by atoms with Gasteiger partial charge in [0.05, 0.1) is 11.0 Å². The van der Waals surface area contributed by atoms with Gasteiger partial charge in [-0.05, 0) is 25.5 Å². The molecule has 3 N–H and O–H groups in total. The smallest absolute Gasteiger partial charge is 0.292 e. The number of benzene rings is 1. The van der Waals surface area contributed by atoms with E-state index < -0.39 is 16.9 Å². The standard InChI is InChI=1S/C13H17N3O4/c1-8(17)10-4-5-15(7-10)12-6-9(13(14)18)2-3-11(12)16(19)20/h2-3,6,8,10,17H,4-5,7H2,1H3,(H2,14,18). The third-order valence-corrected chi connectivity index (χ3v) is 3.70. The second kappa shape index (κ2) is 5.46. The molecule has 7 heteroatoms. The van der Waals surface area contributed by atoms with Crippen molar-refractivity contribution in [2.75, 3.05) is 18.0 Å². The summed E-state index contributed by atoms with van der Waals surface area (Å²) < 4.78 is 0. The fourth-order valence-electron chi connectivity index (χ4n) is 2.48. The summed E-state index contributed by atoms with van der Waals surface area (Å²) in [5.74, 6) is -0.542. The first-order valence-electron chi connectivity index (χ1n) is 6.41. The molecule has 1 saturated heterocycles. The first-order valence-corrected chi connectivity index (χ1v) is 6.41. The van der Waals surface area contributed by atoms with E-state index in [1.807, 2.05) is 4.90 Å². The third-order valence-electron chi connectivity index (χ3n) is 3.70. The van der Waals surface area contributed by atoms with Gasteiger partial charge in [-0.2, -0.15) is 0 Å². The number of anilines is 1. The first kappa shape index (κ1) is 14.3.